The molecule has 1 aromatic carbocycles. The average molecular weight is 331 g/mol. The molecule has 3 aromatic heterocycles. The van der Waals surface area contributed by atoms with E-state index in [2.05, 4.69) is 15.0 Å². The maximum absolute atomic E-state index is 5.23. The third-order valence-electron chi connectivity index (χ3n) is 3.97. The second kappa shape index (κ2) is 6.60. The highest BCUT2D eigenvalue weighted by atomic mass is 16.5. The summed E-state index contributed by atoms with van der Waals surface area (Å²) in [6.07, 6.45) is 9.23. The summed E-state index contributed by atoms with van der Waals surface area (Å²) >= 11 is 0. The quantitative estimate of drug-likeness (QED) is 0.563. The van der Waals surface area contributed by atoms with Gasteiger partial charge < -0.3 is 9.30 Å². The van der Waals surface area contributed by atoms with Crippen molar-refractivity contribution in [3.63, 3.8) is 0 Å². The normalized spacial score (nSPS) is 10.8. The molecule has 124 valence electrons. The van der Waals surface area contributed by atoms with Crippen molar-refractivity contribution < 1.29 is 4.74 Å². The van der Waals surface area contributed by atoms with Crippen LogP contribution in [0.4, 0.5) is 0 Å². The smallest absolute Gasteiger partial charge is 0.181 e. The molecule has 0 unspecified atom stereocenters. The SMILES string of the molecule is COc1ccc(-n2ccnc2-c2nccn2Cc2ccccn2)cc1. The van der Waals surface area contributed by atoms with Crippen molar-refractivity contribution in [2.45, 2.75) is 6.54 Å². The summed E-state index contributed by atoms with van der Waals surface area (Å²) < 4.78 is 9.28. The van der Waals surface area contributed by atoms with Gasteiger partial charge in [-0.3, -0.25) is 9.55 Å². The molecule has 0 aliphatic carbocycles. The molecule has 4 rings (SSSR count). The highest BCUT2D eigenvalue weighted by molar-refractivity contribution is 5.51. The minimum Gasteiger partial charge on any atom is -0.497 e. The third-order valence-corrected chi connectivity index (χ3v) is 3.97. The van der Waals surface area contributed by atoms with E-state index in [1.54, 1.807) is 25.7 Å². The van der Waals surface area contributed by atoms with Gasteiger partial charge in [-0.15, -0.1) is 0 Å². The fourth-order valence-corrected chi connectivity index (χ4v) is 2.73. The lowest BCUT2D eigenvalue weighted by atomic mass is 10.3. The first-order chi connectivity index (χ1) is 12.3. The largest absolute Gasteiger partial charge is 0.497 e. The first-order valence-electron chi connectivity index (χ1n) is 7.94. The number of aromatic nitrogens is 5. The Kier molecular flexibility index (Phi) is 4.00. The van der Waals surface area contributed by atoms with Gasteiger partial charge in [0.15, 0.2) is 11.6 Å². The number of nitrogens with zero attached hydrogens (tertiary/aromatic N) is 5. The number of benzene rings is 1. The van der Waals surface area contributed by atoms with Crippen LogP contribution in [0.5, 0.6) is 5.75 Å². The number of hydrogen-bond acceptors (Lipinski definition) is 4. The van der Waals surface area contributed by atoms with Crippen molar-refractivity contribution in [2.75, 3.05) is 7.11 Å². The van der Waals surface area contributed by atoms with E-state index in [0.717, 1.165) is 28.8 Å². The Labute approximate surface area is 145 Å². The molecule has 6 nitrogen and oxygen atoms in total. The van der Waals surface area contributed by atoms with Crippen LogP contribution < -0.4 is 4.74 Å². The molecule has 0 spiro atoms. The van der Waals surface area contributed by atoms with E-state index in [0.29, 0.717) is 6.54 Å². The Morgan fingerprint density at radius 2 is 1.64 bits per heavy atom. The summed E-state index contributed by atoms with van der Waals surface area (Å²) in [4.78, 5) is 13.4. The van der Waals surface area contributed by atoms with Gasteiger partial charge >= 0.3 is 0 Å². The fraction of sp³-hybridized carbons (Fsp3) is 0.105. The zero-order valence-corrected chi connectivity index (χ0v) is 13.8. The number of pyridine rings is 1. The monoisotopic (exact) mass is 331 g/mol. The van der Waals surface area contributed by atoms with Gasteiger partial charge in [-0.1, -0.05) is 6.07 Å². The van der Waals surface area contributed by atoms with Crippen molar-refractivity contribution in [3.8, 4) is 23.1 Å². The van der Waals surface area contributed by atoms with Crippen LogP contribution in [-0.2, 0) is 6.54 Å². The second-order valence-electron chi connectivity index (χ2n) is 5.52. The molecule has 4 aromatic rings. The summed E-state index contributed by atoms with van der Waals surface area (Å²) in [6.45, 7) is 0.644. The summed E-state index contributed by atoms with van der Waals surface area (Å²) in [5, 5.41) is 0. The van der Waals surface area contributed by atoms with Crippen molar-refractivity contribution in [1.29, 1.82) is 0 Å². The van der Waals surface area contributed by atoms with Crippen LogP contribution in [0, 0.1) is 0 Å². The summed E-state index contributed by atoms with van der Waals surface area (Å²) in [5.74, 6) is 2.40. The molecule has 0 aliphatic heterocycles. The van der Waals surface area contributed by atoms with Gasteiger partial charge in [-0.25, -0.2) is 9.97 Å². The molecule has 0 fully saturated rings. The Morgan fingerprint density at radius 1 is 0.840 bits per heavy atom. The Hall–Kier alpha value is -3.41. The zero-order chi connectivity index (χ0) is 17.1. The highest BCUT2D eigenvalue weighted by Crippen LogP contribution is 2.22. The summed E-state index contributed by atoms with van der Waals surface area (Å²) in [7, 11) is 1.66. The lowest BCUT2D eigenvalue weighted by Gasteiger charge is -2.10. The molecule has 0 atom stereocenters. The van der Waals surface area contributed by atoms with Gasteiger partial charge in [-0.2, -0.15) is 0 Å². The number of rotatable bonds is 5. The summed E-state index contributed by atoms with van der Waals surface area (Å²) in [6, 6.07) is 13.7. The van der Waals surface area contributed by atoms with Crippen LogP contribution >= 0.6 is 0 Å². The van der Waals surface area contributed by atoms with Gasteiger partial charge in [-0.05, 0) is 36.4 Å². The molecule has 0 radical (unpaired) electrons. The standard InChI is InChI=1S/C19H17N5O/c1-25-17-7-5-16(6-8-17)24-13-11-22-19(24)18-21-10-12-23(18)14-15-4-2-3-9-20-15/h2-13H,14H2,1H3. The Morgan fingerprint density at radius 3 is 2.40 bits per heavy atom. The van der Waals surface area contributed by atoms with Gasteiger partial charge in [0, 0.05) is 36.7 Å². The van der Waals surface area contributed by atoms with E-state index in [4.69, 9.17) is 4.74 Å². The molecule has 0 saturated heterocycles. The van der Waals surface area contributed by atoms with E-state index >= 15 is 0 Å². The molecule has 0 bridgehead atoms. The Bertz CT molecular complexity index is 957. The molecule has 0 N–H and O–H groups in total. The molecule has 25 heavy (non-hydrogen) atoms. The lowest BCUT2D eigenvalue weighted by Crippen LogP contribution is -2.06. The average Bonchev–Trinajstić information content (AvgIpc) is 3.31. The van der Waals surface area contributed by atoms with Gasteiger partial charge in [0.05, 0.1) is 19.3 Å². The topological polar surface area (TPSA) is 57.8 Å². The number of imidazole rings is 2. The molecule has 0 aliphatic rings. The van der Waals surface area contributed by atoms with Gasteiger partial charge in [0.1, 0.15) is 5.75 Å². The molecule has 6 heteroatoms. The van der Waals surface area contributed by atoms with E-state index in [1.807, 2.05) is 64.0 Å². The first kappa shape index (κ1) is 15.1. The molecule has 0 amide bonds. The minimum absolute atomic E-state index is 0.644. The number of methoxy groups -OCH3 is 1. The van der Waals surface area contributed by atoms with Crippen LogP contribution in [0.2, 0.25) is 0 Å². The first-order valence-corrected chi connectivity index (χ1v) is 7.94. The lowest BCUT2D eigenvalue weighted by molar-refractivity contribution is 0.415. The number of ether oxygens (including phenoxy) is 1. The van der Waals surface area contributed by atoms with Gasteiger partial charge in [0.2, 0.25) is 0 Å². The van der Waals surface area contributed by atoms with Crippen molar-refractivity contribution in [2.24, 2.45) is 0 Å². The highest BCUT2D eigenvalue weighted by Gasteiger charge is 2.14. The fourth-order valence-electron chi connectivity index (χ4n) is 2.73. The molecular weight excluding hydrogens is 314 g/mol. The summed E-state index contributed by atoms with van der Waals surface area (Å²) in [5.41, 5.74) is 1.98. The van der Waals surface area contributed by atoms with E-state index in [1.165, 1.54) is 0 Å². The van der Waals surface area contributed by atoms with Crippen molar-refractivity contribution in [3.05, 3.63) is 79.1 Å². The Balaban J connectivity index is 1.70. The molecular formula is C19H17N5O. The van der Waals surface area contributed by atoms with Crippen molar-refractivity contribution >= 4 is 0 Å². The van der Waals surface area contributed by atoms with Crippen molar-refractivity contribution in [1.82, 2.24) is 24.1 Å². The predicted octanol–water partition coefficient (Wildman–Crippen LogP) is 3.19. The van der Waals surface area contributed by atoms with Gasteiger partial charge in [0.25, 0.3) is 0 Å². The van der Waals surface area contributed by atoms with E-state index < -0.39 is 0 Å². The molecule has 0 saturated carbocycles. The zero-order valence-electron chi connectivity index (χ0n) is 13.8. The van der Waals surface area contributed by atoms with Crippen LogP contribution in [0.3, 0.4) is 0 Å². The maximum Gasteiger partial charge on any atom is 0.181 e. The van der Waals surface area contributed by atoms with Crippen LogP contribution in [0.1, 0.15) is 5.69 Å². The number of hydrogen-bond donors (Lipinski definition) is 0. The van der Waals surface area contributed by atoms with Crippen LogP contribution in [0.25, 0.3) is 17.3 Å². The third kappa shape index (κ3) is 3.01. The van der Waals surface area contributed by atoms with E-state index in [9.17, 15) is 0 Å². The predicted molar refractivity (Wildman–Crippen MR) is 94.7 cm³/mol. The van der Waals surface area contributed by atoms with Crippen LogP contribution in [-0.4, -0.2) is 31.2 Å². The minimum atomic E-state index is 0.644. The second-order valence-corrected chi connectivity index (χ2v) is 5.52. The van der Waals surface area contributed by atoms with Crippen LogP contribution in [0.15, 0.2) is 73.4 Å². The van der Waals surface area contributed by atoms with E-state index in [-0.39, 0.29) is 0 Å². The molecule has 3 heterocycles. The maximum atomic E-state index is 5.23.